The Bertz CT molecular complexity index is 641. The third kappa shape index (κ3) is 3.45. The van der Waals surface area contributed by atoms with E-state index in [2.05, 4.69) is 5.32 Å². The van der Waals surface area contributed by atoms with Gasteiger partial charge in [-0.1, -0.05) is 12.1 Å². The first kappa shape index (κ1) is 14.7. The summed E-state index contributed by atoms with van der Waals surface area (Å²) >= 11 is 0. The summed E-state index contributed by atoms with van der Waals surface area (Å²) in [5.41, 5.74) is 7.28. The number of benzene rings is 2. The fourth-order valence-corrected chi connectivity index (χ4v) is 1.92. The van der Waals surface area contributed by atoms with Crippen molar-refractivity contribution in [2.45, 2.75) is 6.92 Å². The average molecular weight is 286 g/mol. The number of nitrogens with one attached hydrogen (secondary N) is 1. The van der Waals surface area contributed by atoms with Gasteiger partial charge in [0.05, 0.1) is 19.3 Å². The van der Waals surface area contributed by atoms with E-state index in [-0.39, 0.29) is 5.91 Å². The first-order valence-electron chi connectivity index (χ1n) is 6.62. The van der Waals surface area contributed by atoms with Gasteiger partial charge in [0.2, 0.25) is 0 Å². The molecule has 0 fully saturated rings. The van der Waals surface area contributed by atoms with Crippen LogP contribution in [0.4, 0.5) is 11.4 Å². The first-order valence-corrected chi connectivity index (χ1v) is 6.62. The van der Waals surface area contributed by atoms with E-state index in [0.29, 0.717) is 35.0 Å². The SMILES string of the molecule is CCOc1ccc(NC(=O)c2ccccc2N)cc1OC. The second kappa shape index (κ2) is 6.65. The number of hydrogen-bond donors (Lipinski definition) is 2. The Morgan fingerprint density at radius 1 is 1.19 bits per heavy atom. The minimum atomic E-state index is -0.265. The topological polar surface area (TPSA) is 73.6 Å². The van der Waals surface area contributed by atoms with Crippen LogP contribution in [0.2, 0.25) is 0 Å². The zero-order valence-electron chi connectivity index (χ0n) is 12.1. The third-order valence-electron chi connectivity index (χ3n) is 2.93. The molecule has 1 amide bonds. The number of methoxy groups -OCH3 is 1. The fraction of sp³-hybridized carbons (Fsp3) is 0.188. The minimum absolute atomic E-state index is 0.265. The Kier molecular flexibility index (Phi) is 4.66. The van der Waals surface area contributed by atoms with Gasteiger partial charge in [-0.2, -0.15) is 0 Å². The van der Waals surface area contributed by atoms with Crippen LogP contribution in [0.15, 0.2) is 42.5 Å². The molecule has 0 aliphatic heterocycles. The van der Waals surface area contributed by atoms with Gasteiger partial charge < -0.3 is 20.5 Å². The Morgan fingerprint density at radius 3 is 2.62 bits per heavy atom. The van der Waals surface area contributed by atoms with Gasteiger partial charge in [0, 0.05) is 17.4 Å². The van der Waals surface area contributed by atoms with Crippen LogP contribution < -0.4 is 20.5 Å². The van der Waals surface area contributed by atoms with E-state index in [1.165, 1.54) is 0 Å². The molecule has 0 saturated heterocycles. The number of hydrogen-bond acceptors (Lipinski definition) is 4. The first-order chi connectivity index (χ1) is 10.2. The van der Waals surface area contributed by atoms with Crippen LogP contribution in [-0.4, -0.2) is 19.6 Å². The average Bonchev–Trinajstić information content (AvgIpc) is 2.49. The van der Waals surface area contributed by atoms with E-state index < -0.39 is 0 Å². The van der Waals surface area contributed by atoms with Gasteiger partial charge in [-0.25, -0.2) is 0 Å². The summed E-state index contributed by atoms with van der Waals surface area (Å²) in [6.07, 6.45) is 0. The van der Waals surface area contributed by atoms with Crippen LogP contribution in [0.25, 0.3) is 0 Å². The van der Waals surface area contributed by atoms with Gasteiger partial charge in [-0.15, -0.1) is 0 Å². The largest absolute Gasteiger partial charge is 0.493 e. The molecule has 0 unspecified atom stereocenters. The van der Waals surface area contributed by atoms with Crippen LogP contribution in [0.5, 0.6) is 11.5 Å². The molecule has 0 aliphatic carbocycles. The highest BCUT2D eigenvalue weighted by atomic mass is 16.5. The lowest BCUT2D eigenvalue weighted by Gasteiger charge is -2.12. The summed E-state index contributed by atoms with van der Waals surface area (Å²) in [6, 6.07) is 12.1. The molecule has 0 aromatic heterocycles. The van der Waals surface area contributed by atoms with Crippen molar-refractivity contribution in [1.29, 1.82) is 0 Å². The molecule has 21 heavy (non-hydrogen) atoms. The van der Waals surface area contributed by atoms with Crippen molar-refractivity contribution in [3.05, 3.63) is 48.0 Å². The summed E-state index contributed by atoms with van der Waals surface area (Å²) in [6.45, 7) is 2.44. The number of ether oxygens (including phenoxy) is 2. The maximum absolute atomic E-state index is 12.2. The Morgan fingerprint density at radius 2 is 1.95 bits per heavy atom. The molecule has 0 radical (unpaired) electrons. The molecule has 0 bridgehead atoms. The van der Waals surface area contributed by atoms with Crippen molar-refractivity contribution in [2.24, 2.45) is 0 Å². The van der Waals surface area contributed by atoms with Gasteiger partial charge in [0.25, 0.3) is 5.91 Å². The Labute approximate surface area is 123 Å². The summed E-state index contributed by atoms with van der Waals surface area (Å²) in [4.78, 5) is 12.2. The highest BCUT2D eigenvalue weighted by Gasteiger charge is 2.11. The van der Waals surface area contributed by atoms with Crippen LogP contribution >= 0.6 is 0 Å². The molecule has 3 N–H and O–H groups in total. The fourth-order valence-electron chi connectivity index (χ4n) is 1.92. The molecule has 0 aliphatic rings. The summed E-state index contributed by atoms with van der Waals surface area (Å²) in [7, 11) is 1.55. The van der Waals surface area contributed by atoms with Crippen LogP contribution in [-0.2, 0) is 0 Å². The molecule has 5 heteroatoms. The molecule has 0 atom stereocenters. The van der Waals surface area contributed by atoms with E-state index in [1.54, 1.807) is 49.6 Å². The Hall–Kier alpha value is -2.69. The second-order valence-corrected chi connectivity index (χ2v) is 4.34. The van der Waals surface area contributed by atoms with Crippen molar-refractivity contribution < 1.29 is 14.3 Å². The Balaban J connectivity index is 2.20. The lowest BCUT2D eigenvalue weighted by atomic mass is 10.1. The molecule has 2 aromatic carbocycles. The normalized spacial score (nSPS) is 10.0. The van der Waals surface area contributed by atoms with Gasteiger partial charge in [-0.3, -0.25) is 4.79 Å². The lowest BCUT2D eigenvalue weighted by molar-refractivity contribution is 0.102. The molecule has 2 aromatic rings. The van der Waals surface area contributed by atoms with E-state index in [4.69, 9.17) is 15.2 Å². The van der Waals surface area contributed by atoms with E-state index in [9.17, 15) is 4.79 Å². The number of rotatable bonds is 5. The molecular formula is C16H18N2O3. The van der Waals surface area contributed by atoms with Gasteiger partial charge in [0.15, 0.2) is 11.5 Å². The molecule has 0 spiro atoms. The summed E-state index contributed by atoms with van der Waals surface area (Å²) in [5, 5.41) is 2.79. The number of nitrogens with two attached hydrogens (primary N) is 1. The van der Waals surface area contributed by atoms with Gasteiger partial charge in [0.1, 0.15) is 0 Å². The zero-order valence-corrected chi connectivity index (χ0v) is 12.1. The highest BCUT2D eigenvalue weighted by molar-refractivity contribution is 6.07. The number of amides is 1. The number of carbonyl (C=O) groups excluding carboxylic acids is 1. The highest BCUT2D eigenvalue weighted by Crippen LogP contribution is 2.30. The monoisotopic (exact) mass is 286 g/mol. The van der Waals surface area contributed by atoms with Crippen LogP contribution in [0.1, 0.15) is 17.3 Å². The molecule has 0 saturated carbocycles. The second-order valence-electron chi connectivity index (χ2n) is 4.34. The maximum Gasteiger partial charge on any atom is 0.257 e. The van der Waals surface area contributed by atoms with Gasteiger partial charge >= 0.3 is 0 Å². The summed E-state index contributed by atoms with van der Waals surface area (Å²) in [5.74, 6) is 0.937. The smallest absolute Gasteiger partial charge is 0.257 e. The standard InChI is InChI=1S/C16H18N2O3/c1-3-21-14-9-8-11(10-15(14)20-2)18-16(19)12-6-4-5-7-13(12)17/h4-10H,3,17H2,1-2H3,(H,18,19). The van der Waals surface area contributed by atoms with Crippen LogP contribution in [0, 0.1) is 0 Å². The van der Waals surface area contributed by atoms with Crippen molar-refractivity contribution in [3.63, 3.8) is 0 Å². The van der Waals surface area contributed by atoms with Crippen molar-refractivity contribution >= 4 is 17.3 Å². The lowest BCUT2D eigenvalue weighted by Crippen LogP contribution is -2.14. The van der Waals surface area contributed by atoms with E-state index >= 15 is 0 Å². The molecule has 2 rings (SSSR count). The molecule has 110 valence electrons. The zero-order chi connectivity index (χ0) is 15.2. The van der Waals surface area contributed by atoms with Gasteiger partial charge in [-0.05, 0) is 31.2 Å². The molecular weight excluding hydrogens is 268 g/mol. The minimum Gasteiger partial charge on any atom is -0.493 e. The molecule has 0 heterocycles. The predicted octanol–water partition coefficient (Wildman–Crippen LogP) is 2.93. The van der Waals surface area contributed by atoms with E-state index in [0.717, 1.165) is 0 Å². The van der Waals surface area contributed by atoms with Crippen molar-refractivity contribution in [3.8, 4) is 11.5 Å². The predicted molar refractivity (Wildman–Crippen MR) is 83.0 cm³/mol. The van der Waals surface area contributed by atoms with Crippen molar-refractivity contribution in [1.82, 2.24) is 0 Å². The van der Waals surface area contributed by atoms with E-state index in [1.807, 2.05) is 6.92 Å². The maximum atomic E-state index is 12.2. The molecule has 5 nitrogen and oxygen atoms in total. The van der Waals surface area contributed by atoms with Crippen molar-refractivity contribution in [2.75, 3.05) is 24.8 Å². The quantitative estimate of drug-likeness (QED) is 0.829. The number of carbonyl (C=O) groups is 1. The number of anilines is 2. The summed E-state index contributed by atoms with van der Waals surface area (Å²) < 4.78 is 10.7. The number of para-hydroxylation sites is 1. The number of nitrogen functional groups attached to an aromatic ring is 1. The van der Waals surface area contributed by atoms with Crippen LogP contribution in [0.3, 0.4) is 0 Å². The third-order valence-corrected chi connectivity index (χ3v) is 2.93.